The minimum atomic E-state index is -3.53. The van der Waals surface area contributed by atoms with Gasteiger partial charge in [0.1, 0.15) is 5.76 Å². The molecule has 2 heterocycles. The Balaban J connectivity index is 2.07. The van der Waals surface area contributed by atoms with Crippen molar-refractivity contribution in [3.63, 3.8) is 0 Å². The van der Waals surface area contributed by atoms with Gasteiger partial charge in [-0.15, -0.1) is 0 Å². The molecule has 0 spiro atoms. The van der Waals surface area contributed by atoms with Gasteiger partial charge in [-0.25, -0.2) is 13.1 Å². The number of aromatic nitrogens is 2. The smallest absolute Gasteiger partial charge is 0.273 e. The molecule has 0 bridgehead atoms. The zero-order chi connectivity index (χ0) is 14.0. The topological polar surface area (TPSA) is 89.2 Å². The van der Waals surface area contributed by atoms with Crippen LogP contribution in [0.5, 0.6) is 0 Å². The van der Waals surface area contributed by atoms with Gasteiger partial charge in [-0.2, -0.15) is 5.10 Å². The first kappa shape index (κ1) is 13.6. The highest BCUT2D eigenvalue weighted by atomic mass is 32.2. The third-order valence-corrected chi connectivity index (χ3v) is 3.92. The number of hydrogen-bond donors (Lipinski definition) is 2. The molecule has 0 atom stereocenters. The molecular formula is C11H16N4O3S. The van der Waals surface area contributed by atoms with Crippen LogP contribution in [-0.2, 0) is 23.6 Å². The first-order valence-electron chi connectivity index (χ1n) is 5.69. The third kappa shape index (κ3) is 2.96. The van der Waals surface area contributed by atoms with Crippen molar-refractivity contribution in [2.75, 3.05) is 12.4 Å². The van der Waals surface area contributed by atoms with Gasteiger partial charge in [0, 0.05) is 13.2 Å². The molecule has 0 fully saturated rings. The monoisotopic (exact) mass is 284 g/mol. The predicted molar refractivity (Wildman–Crippen MR) is 70.2 cm³/mol. The standard InChI is InChI=1S/C11H16N4O3S/c1-8-10(7-15(3)14-8)13-6-9-4-5-11(18-9)19(16,17)12-2/h4-5,7,12-13H,6H2,1-3H3. The van der Waals surface area contributed by atoms with E-state index in [0.29, 0.717) is 12.3 Å². The lowest BCUT2D eigenvalue weighted by molar-refractivity contribution is 0.417. The largest absolute Gasteiger partial charge is 0.446 e. The van der Waals surface area contributed by atoms with E-state index in [-0.39, 0.29) is 5.09 Å². The fourth-order valence-corrected chi connectivity index (χ4v) is 2.32. The Morgan fingerprint density at radius 2 is 2.16 bits per heavy atom. The van der Waals surface area contributed by atoms with Crippen molar-refractivity contribution in [3.8, 4) is 0 Å². The molecule has 0 saturated heterocycles. The van der Waals surface area contributed by atoms with E-state index in [1.807, 2.05) is 20.2 Å². The summed E-state index contributed by atoms with van der Waals surface area (Å²) in [6.45, 7) is 2.28. The lowest BCUT2D eigenvalue weighted by Crippen LogP contribution is -2.17. The summed E-state index contributed by atoms with van der Waals surface area (Å²) >= 11 is 0. The maximum atomic E-state index is 11.5. The van der Waals surface area contributed by atoms with E-state index in [2.05, 4.69) is 15.1 Å². The zero-order valence-corrected chi connectivity index (χ0v) is 11.8. The number of anilines is 1. The van der Waals surface area contributed by atoms with Crippen molar-refractivity contribution in [1.82, 2.24) is 14.5 Å². The Morgan fingerprint density at radius 1 is 1.42 bits per heavy atom. The van der Waals surface area contributed by atoms with Crippen LogP contribution in [0.25, 0.3) is 0 Å². The molecule has 7 nitrogen and oxygen atoms in total. The second-order valence-electron chi connectivity index (χ2n) is 4.08. The van der Waals surface area contributed by atoms with E-state index in [4.69, 9.17) is 4.42 Å². The van der Waals surface area contributed by atoms with Gasteiger partial charge in [-0.05, 0) is 26.1 Å². The Kier molecular flexibility index (Phi) is 3.63. The fraction of sp³-hybridized carbons (Fsp3) is 0.364. The van der Waals surface area contributed by atoms with Crippen LogP contribution < -0.4 is 10.0 Å². The van der Waals surface area contributed by atoms with Crippen LogP contribution in [0.1, 0.15) is 11.5 Å². The average molecular weight is 284 g/mol. The second kappa shape index (κ2) is 5.06. The molecule has 2 aromatic heterocycles. The molecule has 19 heavy (non-hydrogen) atoms. The minimum absolute atomic E-state index is 0.0882. The molecular weight excluding hydrogens is 268 g/mol. The van der Waals surface area contributed by atoms with Crippen molar-refractivity contribution >= 4 is 15.7 Å². The molecule has 0 aromatic carbocycles. The Labute approximate surface area is 111 Å². The number of furan rings is 1. The van der Waals surface area contributed by atoms with E-state index in [1.165, 1.54) is 13.1 Å². The minimum Gasteiger partial charge on any atom is -0.446 e. The summed E-state index contributed by atoms with van der Waals surface area (Å²) in [7, 11) is -0.347. The lowest BCUT2D eigenvalue weighted by Gasteiger charge is -2.02. The molecule has 2 N–H and O–H groups in total. The van der Waals surface area contributed by atoms with Crippen molar-refractivity contribution in [2.45, 2.75) is 18.6 Å². The highest BCUT2D eigenvalue weighted by Gasteiger charge is 2.16. The summed E-state index contributed by atoms with van der Waals surface area (Å²) in [5, 5.41) is 7.25. The fourth-order valence-electron chi connectivity index (χ4n) is 1.65. The van der Waals surface area contributed by atoms with Crippen LogP contribution in [0.15, 0.2) is 27.8 Å². The molecule has 0 aliphatic carbocycles. The normalized spacial score (nSPS) is 11.7. The van der Waals surface area contributed by atoms with Gasteiger partial charge in [0.2, 0.25) is 5.09 Å². The number of aryl methyl sites for hydroxylation is 2. The quantitative estimate of drug-likeness (QED) is 0.849. The number of nitrogens with one attached hydrogen (secondary N) is 2. The Bertz CT molecular complexity index is 672. The van der Waals surface area contributed by atoms with Crippen LogP contribution in [0.4, 0.5) is 5.69 Å². The summed E-state index contributed by atoms with van der Waals surface area (Å²) < 4.78 is 32.2. The highest BCUT2D eigenvalue weighted by molar-refractivity contribution is 7.89. The van der Waals surface area contributed by atoms with Crippen LogP contribution in [0.2, 0.25) is 0 Å². The summed E-state index contributed by atoms with van der Waals surface area (Å²) in [6.07, 6.45) is 1.85. The van der Waals surface area contributed by atoms with E-state index in [0.717, 1.165) is 11.4 Å². The van der Waals surface area contributed by atoms with Crippen molar-refractivity contribution in [2.24, 2.45) is 7.05 Å². The van der Waals surface area contributed by atoms with Crippen LogP contribution in [0, 0.1) is 6.92 Å². The third-order valence-electron chi connectivity index (χ3n) is 2.64. The average Bonchev–Trinajstić information content (AvgIpc) is 2.94. The summed E-state index contributed by atoms with van der Waals surface area (Å²) in [5.74, 6) is 0.539. The van der Waals surface area contributed by atoms with Crippen LogP contribution in [0.3, 0.4) is 0 Å². The molecule has 0 unspecified atom stereocenters. The maximum absolute atomic E-state index is 11.5. The van der Waals surface area contributed by atoms with Gasteiger partial charge in [-0.3, -0.25) is 4.68 Å². The molecule has 104 valence electrons. The number of sulfonamides is 1. The Hall–Kier alpha value is -1.80. The summed E-state index contributed by atoms with van der Waals surface area (Å²) in [5.41, 5.74) is 1.76. The SMILES string of the molecule is CNS(=O)(=O)c1ccc(CNc2cn(C)nc2C)o1. The van der Waals surface area contributed by atoms with Crippen molar-refractivity contribution in [1.29, 1.82) is 0 Å². The number of nitrogens with zero attached hydrogens (tertiary/aromatic N) is 2. The summed E-state index contributed by atoms with van der Waals surface area (Å²) in [6, 6.07) is 3.06. The number of rotatable bonds is 5. The van der Waals surface area contributed by atoms with Crippen molar-refractivity contribution in [3.05, 3.63) is 29.8 Å². The molecule has 0 aliphatic rings. The van der Waals surface area contributed by atoms with Gasteiger partial charge in [0.05, 0.1) is 17.9 Å². The van der Waals surface area contributed by atoms with Crippen molar-refractivity contribution < 1.29 is 12.8 Å². The van der Waals surface area contributed by atoms with E-state index in [1.54, 1.807) is 10.7 Å². The second-order valence-corrected chi connectivity index (χ2v) is 5.90. The van der Waals surface area contributed by atoms with Crippen LogP contribution in [-0.4, -0.2) is 25.2 Å². The van der Waals surface area contributed by atoms with E-state index in [9.17, 15) is 8.42 Å². The van der Waals surface area contributed by atoms with Gasteiger partial charge in [0.15, 0.2) is 0 Å². The number of hydrogen-bond acceptors (Lipinski definition) is 5. The first-order valence-corrected chi connectivity index (χ1v) is 7.17. The van der Waals surface area contributed by atoms with Gasteiger partial charge < -0.3 is 9.73 Å². The maximum Gasteiger partial charge on any atom is 0.273 e. The van der Waals surface area contributed by atoms with Gasteiger partial charge in [0.25, 0.3) is 10.0 Å². The molecule has 0 saturated carbocycles. The lowest BCUT2D eigenvalue weighted by atomic mass is 10.4. The molecule has 2 rings (SSSR count). The highest BCUT2D eigenvalue weighted by Crippen LogP contribution is 2.16. The van der Waals surface area contributed by atoms with Crippen LogP contribution >= 0.6 is 0 Å². The molecule has 0 radical (unpaired) electrons. The summed E-state index contributed by atoms with van der Waals surface area (Å²) in [4.78, 5) is 0. The first-order chi connectivity index (χ1) is 8.92. The molecule has 8 heteroatoms. The van der Waals surface area contributed by atoms with Gasteiger partial charge in [-0.1, -0.05) is 0 Å². The molecule has 2 aromatic rings. The van der Waals surface area contributed by atoms with E-state index < -0.39 is 10.0 Å². The molecule has 0 amide bonds. The van der Waals surface area contributed by atoms with Gasteiger partial charge >= 0.3 is 0 Å². The molecule has 0 aliphatic heterocycles. The predicted octanol–water partition coefficient (Wildman–Crippen LogP) is 0.842. The van der Waals surface area contributed by atoms with E-state index >= 15 is 0 Å². The Morgan fingerprint density at radius 3 is 2.74 bits per heavy atom. The zero-order valence-electron chi connectivity index (χ0n) is 11.0.